The molecular formula is C20H33IN4O3. The van der Waals surface area contributed by atoms with Crippen molar-refractivity contribution < 1.29 is 14.3 Å². The van der Waals surface area contributed by atoms with Gasteiger partial charge in [-0.05, 0) is 38.5 Å². The van der Waals surface area contributed by atoms with Gasteiger partial charge in [-0.15, -0.1) is 24.0 Å². The molecule has 8 heteroatoms. The Balaban J connectivity index is 0.00000392. The Kier molecular flexibility index (Phi) is 8.84. The first-order valence-corrected chi connectivity index (χ1v) is 9.26. The molecule has 0 radical (unpaired) electrons. The number of ether oxygens (including phenoxy) is 2. The van der Waals surface area contributed by atoms with Crippen molar-refractivity contribution in [3.8, 4) is 11.5 Å². The lowest BCUT2D eigenvalue weighted by molar-refractivity contribution is -0.121. The van der Waals surface area contributed by atoms with Crippen LogP contribution in [0, 0.1) is 0 Å². The van der Waals surface area contributed by atoms with Crippen LogP contribution in [0.3, 0.4) is 0 Å². The minimum absolute atomic E-state index is 0. The zero-order valence-electron chi connectivity index (χ0n) is 17.6. The van der Waals surface area contributed by atoms with Crippen LogP contribution < -0.4 is 25.4 Å². The van der Waals surface area contributed by atoms with E-state index in [1.807, 2.05) is 32.9 Å². The van der Waals surface area contributed by atoms with Gasteiger partial charge in [-0.3, -0.25) is 9.79 Å². The summed E-state index contributed by atoms with van der Waals surface area (Å²) in [6.07, 6.45) is 0. The molecule has 0 aromatic heterocycles. The summed E-state index contributed by atoms with van der Waals surface area (Å²) in [6, 6.07) is 6.04. The number of hydrogen-bond donors (Lipinski definition) is 3. The van der Waals surface area contributed by atoms with Crippen molar-refractivity contribution in [2.45, 2.75) is 45.6 Å². The first kappa shape index (κ1) is 24.3. The van der Waals surface area contributed by atoms with E-state index in [0.29, 0.717) is 25.7 Å². The molecule has 0 unspecified atom stereocenters. The second kappa shape index (κ2) is 10.2. The molecule has 1 amide bonds. The molecule has 0 saturated carbocycles. The van der Waals surface area contributed by atoms with Gasteiger partial charge >= 0.3 is 0 Å². The predicted octanol–water partition coefficient (Wildman–Crippen LogP) is 2.43. The zero-order valence-corrected chi connectivity index (χ0v) is 20.0. The first-order chi connectivity index (χ1) is 12.6. The maximum atomic E-state index is 12.0. The van der Waals surface area contributed by atoms with Gasteiger partial charge in [-0.1, -0.05) is 19.9 Å². The number of carbonyl (C=O) groups excluding carboxylic acids is 1. The lowest BCUT2D eigenvalue weighted by Gasteiger charge is -2.28. The highest BCUT2D eigenvalue weighted by molar-refractivity contribution is 14.0. The van der Waals surface area contributed by atoms with Gasteiger partial charge in [0.05, 0.1) is 6.54 Å². The molecule has 0 saturated heterocycles. The van der Waals surface area contributed by atoms with E-state index in [0.717, 1.165) is 17.1 Å². The van der Waals surface area contributed by atoms with Crippen molar-refractivity contribution in [1.82, 2.24) is 16.0 Å². The van der Waals surface area contributed by atoms with Crippen LogP contribution in [0.2, 0.25) is 0 Å². The van der Waals surface area contributed by atoms with Gasteiger partial charge in [0, 0.05) is 24.5 Å². The van der Waals surface area contributed by atoms with Crippen LogP contribution in [0.5, 0.6) is 11.5 Å². The number of halogens is 1. The van der Waals surface area contributed by atoms with E-state index in [2.05, 4.69) is 40.9 Å². The van der Waals surface area contributed by atoms with Crippen molar-refractivity contribution in [2.24, 2.45) is 4.99 Å². The largest absolute Gasteiger partial charge is 0.486 e. The Bertz CT molecular complexity index is 699. The van der Waals surface area contributed by atoms with Gasteiger partial charge in [0.25, 0.3) is 0 Å². The lowest BCUT2D eigenvalue weighted by Crippen LogP contribution is -2.49. The van der Waals surface area contributed by atoms with E-state index in [1.165, 1.54) is 0 Å². The Hall–Kier alpha value is -1.71. The van der Waals surface area contributed by atoms with Gasteiger partial charge in [0.15, 0.2) is 17.5 Å². The van der Waals surface area contributed by atoms with Crippen LogP contribution in [0.1, 0.15) is 40.2 Å². The predicted molar refractivity (Wildman–Crippen MR) is 123 cm³/mol. The fraction of sp³-hybridized carbons (Fsp3) is 0.600. The molecule has 0 fully saturated rings. The highest BCUT2D eigenvalue weighted by atomic mass is 127. The maximum Gasteiger partial charge on any atom is 0.239 e. The van der Waals surface area contributed by atoms with E-state index in [-0.39, 0.29) is 47.4 Å². The number of amides is 1. The van der Waals surface area contributed by atoms with Gasteiger partial charge < -0.3 is 25.4 Å². The topological polar surface area (TPSA) is 84.0 Å². The number of fused-ring (bicyclic) bond motifs is 1. The van der Waals surface area contributed by atoms with E-state index >= 15 is 0 Å². The standard InChI is InChI=1S/C20H32N4O3.HI/c1-19(2,3)24-17(25)12-22-18(21-6)23-13-20(4,5)14-7-8-15-16(11-14)27-10-9-26-15;/h7-8,11H,9-10,12-13H2,1-6H3,(H,24,25)(H2,21,22,23);1H. The van der Waals surface area contributed by atoms with Crippen molar-refractivity contribution in [1.29, 1.82) is 0 Å². The number of aliphatic imine (C=N–C) groups is 1. The number of rotatable bonds is 5. The molecule has 1 aromatic carbocycles. The monoisotopic (exact) mass is 504 g/mol. The molecule has 0 bridgehead atoms. The third-order valence-electron chi connectivity index (χ3n) is 4.18. The molecule has 1 heterocycles. The zero-order chi connectivity index (χ0) is 20.1. The third-order valence-corrected chi connectivity index (χ3v) is 4.18. The minimum Gasteiger partial charge on any atom is -0.486 e. The molecule has 158 valence electrons. The Labute approximate surface area is 185 Å². The number of nitrogens with one attached hydrogen (secondary N) is 3. The van der Waals surface area contributed by atoms with E-state index in [4.69, 9.17) is 9.47 Å². The van der Waals surface area contributed by atoms with Crippen LogP contribution in [0.15, 0.2) is 23.2 Å². The van der Waals surface area contributed by atoms with Crippen LogP contribution in [-0.4, -0.2) is 50.8 Å². The minimum atomic E-state index is -0.254. The molecule has 2 rings (SSSR count). The summed E-state index contributed by atoms with van der Waals surface area (Å²) >= 11 is 0. The molecule has 1 aliphatic rings. The molecule has 0 aliphatic carbocycles. The SMILES string of the molecule is CN=C(NCC(=O)NC(C)(C)C)NCC(C)(C)c1ccc2c(c1)OCCO2.I. The quantitative estimate of drug-likeness (QED) is 0.326. The number of carbonyl (C=O) groups is 1. The number of benzene rings is 1. The normalized spacial score (nSPS) is 14.0. The number of nitrogens with zero attached hydrogens (tertiary/aromatic N) is 1. The van der Waals surface area contributed by atoms with Crippen molar-refractivity contribution >= 4 is 35.8 Å². The highest BCUT2D eigenvalue weighted by Gasteiger charge is 2.24. The molecule has 3 N–H and O–H groups in total. The van der Waals surface area contributed by atoms with Crippen LogP contribution in [-0.2, 0) is 10.2 Å². The second-order valence-corrected chi connectivity index (χ2v) is 8.32. The van der Waals surface area contributed by atoms with E-state index < -0.39 is 0 Å². The number of hydrogen-bond acceptors (Lipinski definition) is 4. The van der Waals surface area contributed by atoms with E-state index in [9.17, 15) is 4.79 Å². The number of guanidine groups is 1. The Morgan fingerprint density at radius 1 is 1.07 bits per heavy atom. The van der Waals surface area contributed by atoms with Gasteiger partial charge in [-0.2, -0.15) is 0 Å². The first-order valence-electron chi connectivity index (χ1n) is 9.26. The summed E-state index contributed by atoms with van der Waals surface area (Å²) in [5.74, 6) is 2.09. The summed E-state index contributed by atoms with van der Waals surface area (Å²) in [5, 5.41) is 9.26. The summed E-state index contributed by atoms with van der Waals surface area (Å²) in [6.45, 7) is 12.1. The highest BCUT2D eigenvalue weighted by Crippen LogP contribution is 2.34. The van der Waals surface area contributed by atoms with Crippen molar-refractivity contribution in [3.63, 3.8) is 0 Å². The summed E-state index contributed by atoms with van der Waals surface area (Å²) in [4.78, 5) is 16.1. The van der Waals surface area contributed by atoms with Crippen molar-refractivity contribution in [3.05, 3.63) is 23.8 Å². The fourth-order valence-corrected chi connectivity index (χ4v) is 2.72. The van der Waals surface area contributed by atoms with Crippen LogP contribution in [0.4, 0.5) is 0 Å². The molecule has 1 aliphatic heterocycles. The molecule has 1 aromatic rings. The smallest absolute Gasteiger partial charge is 0.239 e. The molecule has 28 heavy (non-hydrogen) atoms. The fourth-order valence-electron chi connectivity index (χ4n) is 2.72. The third kappa shape index (κ3) is 7.37. The van der Waals surface area contributed by atoms with Crippen molar-refractivity contribution in [2.75, 3.05) is 33.4 Å². The Morgan fingerprint density at radius 3 is 2.32 bits per heavy atom. The summed E-state index contributed by atoms with van der Waals surface area (Å²) in [7, 11) is 1.69. The molecule has 7 nitrogen and oxygen atoms in total. The summed E-state index contributed by atoms with van der Waals surface area (Å²) < 4.78 is 11.3. The summed E-state index contributed by atoms with van der Waals surface area (Å²) in [5.41, 5.74) is 0.719. The molecule has 0 spiro atoms. The Morgan fingerprint density at radius 2 is 1.71 bits per heavy atom. The van der Waals surface area contributed by atoms with Gasteiger partial charge in [0.1, 0.15) is 13.2 Å². The van der Waals surface area contributed by atoms with Crippen LogP contribution in [0.25, 0.3) is 0 Å². The molecule has 0 atom stereocenters. The molecular weight excluding hydrogens is 471 g/mol. The maximum absolute atomic E-state index is 12.0. The van der Waals surface area contributed by atoms with Gasteiger partial charge in [0.2, 0.25) is 5.91 Å². The lowest BCUT2D eigenvalue weighted by atomic mass is 9.84. The average Bonchev–Trinajstić information content (AvgIpc) is 2.60. The average molecular weight is 504 g/mol. The second-order valence-electron chi connectivity index (χ2n) is 8.32. The van der Waals surface area contributed by atoms with E-state index in [1.54, 1.807) is 7.05 Å². The van der Waals surface area contributed by atoms with Crippen LogP contribution >= 0.6 is 24.0 Å². The van der Waals surface area contributed by atoms with Gasteiger partial charge in [-0.25, -0.2) is 0 Å².